The van der Waals surface area contributed by atoms with Gasteiger partial charge in [-0.15, -0.1) is 11.3 Å². The smallest absolute Gasteiger partial charge is 0.412 e. The molecule has 4 aromatic rings. The number of carboxylic acid groups (broad SMARTS) is 1. The predicted octanol–water partition coefficient (Wildman–Crippen LogP) is 8.92. The van der Waals surface area contributed by atoms with Crippen LogP contribution in [0.5, 0.6) is 0 Å². The van der Waals surface area contributed by atoms with Crippen molar-refractivity contribution >= 4 is 56.6 Å². The highest BCUT2D eigenvalue weighted by atomic mass is 79.9. The van der Waals surface area contributed by atoms with Gasteiger partial charge in [-0.3, -0.25) is 10.1 Å². The first-order valence-electron chi connectivity index (χ1n) is 11.7. The zero-order valence-corrected chi connectivity index (χ0v) is 23.0. The first kappa shape index (κ1) is 25.5. The molecule has 1 saturated carbocycles. The van der Waals surface area contributed by atoms with Crippen LogP contribution in [0.4, 0.5) is 10.5 Å². The predicted molar refractivity (Wildman–Crippen MR) is 151 cm³/mol. The summed E-state index contributed by atoms with van der Waals surface area (Å²) in [5.74, 6) is -0.768. The molecular weight excluding hydrogens is 574 g/mol. The maximum atomic E-state index is 12.8. The Bertz CT molecular complexity index is 1480. The first-order valence-corrected chi connectivity index (χ1v) is 13.7. The average Bonchev–Trinajstić information content (AvgIpc) is 3.62. The van der Waals surface area contributed by atoms with Crippen LogP contribution in [0.15, 0.2) is 82.6 Å². The summed E-state index contributed by atoms with van der Waals surface area (Å²) >= 11 is 11.3. The van der Waals surface area contributed by atoms with E-state index in [0.717, 1.165) is 36.5 Å². The summed E-state index contributed by atoms with van der Waals surface area (Å²) in [4.78, 5) is 25.4. The van der Waals surface area contributed by atoms with E-state index in [-0.39, 0.29) is 0 Å². The second-order valence-corrected chi connectivity index (χ2v) is 11.8. The summed E-state index contributed by atoms with van der Waals surface area (Å²) in [6.07, 6.45) is 0.235. The molecule has 188 valence electrons. The molecule has 1 fully saturated rings. The van der Waals surface area contributed by atoms with Crippen LogP contribution in [-0.4, -0.2) is 17.2 Å². The number of nitrogens with one attached hydrogen (secondary N) is 1. The first-order chi connectivity index (χ1) is 17.8. The standard InChI is InChI=1S/C29H23BrClNO4S/c1-17(20-6-4-5-9-23(20)31)36-28(35)32-24-16-25(30)37-26(24)22-8-3-2-7-21(22)18-10-12-19(13-11-18)29(14-15-29)27(33)34/h2-13,16-17H,14-15H2,1H3,(H,32,35)(H,33,34). The molecule has 0 spiro atoms. The Morgan fingerprint density at radius 3 is 2.32 bits per heavy atom. The Morgan fingerprint density at radius 1 is 1.03 bits per heavy atom. The van der Waals surface area contributed by atoms with Gasteiger partial charge in [-0.1, -0.05) is 78.3 Å². The summed E-state index contributed by atoms with van der Waals surface area (Å²) in [7, 11) is 0. The molecule has 1 amide bonds. The maximum Gasteiger partial charge on any atom is 0.412 e. The van der Waals surface area contributed by atoms with Crippen molar-refractivity contribution in [2.24, 2.45) is 0 Å². The molecule has 1 aliphatic rings. The highest BCUT2D eigenvalue weighted by Crippen LogP contribution is 2.49. The van der Waals surface area contributed by atoms with Crippen LogP contribution in [-0.2, 0) is 14.9 Å². The van der Waals surface area contributed by atoms with Crippen molar-refractivity contribution in [1.29, 1.82) is 0 Å². The van der Waals surface area contributed by atoms with E-state index in [1.54, 1.807) is 13.0 Å². The number of thiophene rings is 1. The van der Waals surface area contributed by atoms with Crippen molar-refractivity contribution in [1.82, 2.24) is 0 Å². The number of amides is 1. The number of halogens is 2. The molecule has 1 aromatic heterocycles. The quantitative estimate of drug-likeness (QED) is 0.223. The van der Waals surface area contributed by atoms with Crippen molar-refractivity contribution in [3.8, 4) is 21.6 Å². The summed E-state index contributed by atoms with van der Waals surface area (Å²) in [5, 5.41) is 13.0. The molecular formula is C29H23BrClNO4S. The SMILES string of the molecule is CC(OC(=O)Nc1cc(Br)sc1-c1ccccc1-c1ccc(C2(C(=O)O)CC2)cc1)c1ccccc1Cl. The van der Waals surface area contributed by atoms with Crippen LogP contribution in [0, 0.1) is 0 Å². The van der Waals surface area contributed by atoms with Crippen molar-refractivity contribution in [3.63, 3.8) is 0 Å². The third-order valence-corrected chi connectivity index (χ3v) is 8.66. The van der Waals surface area contributed by atoms with Crippen LogP contribution >= 0.6 is 38.9 Å². The summed E-state index contributed by atoms with van der Waals surface area (Å²) in [5.41, 5.74) is 4.33. The normalized spacial score (nSPS) is 14.6. The van der Waals surface area contributed by atoms with E-state index >= 15 is 0 Å². The van der Waals surface area contributed by atoms with Crippen LogP contribution in [0.2, 0.25) is 5.02 Å². The molecule has 1 atom stereocenters. The number of carboxylic acids is 1. The van der Waals surface area contributed by atoms with Crippen molar-refractivity contribution in [2.75, 3.05) is 5.32 Å². The molecule has 5 rings (SSSR count). The molecule has 0 bridgehead atoms. The van der Waals surface area contributed by atoms with Gasteiger partial charge in [0.05, 0.1) is 19.8 Å². The van der Waals surface area contributed by atoms with Gasteiger partial charge in [0, 0.05) is 16.1 Å². The second-order valence-electron chi connectivity index (χ2n) is 9.00. The third-order valence-electron chi connectivity index (χ3n) is 6.65. The van der Waals surface area contributed by atoms with E-state index in [4.69, 9.17) is 16.3 Å². The molecule has 1 unspecified atom stereocenters. The minimum Gasteiger partial charge on any atom is -0.481 e. The van der Waals surface area contributed by atoms with Gasteiger partial charge in [0.1, 0.15) is 6.10 Å². The number of ether oxygens (including phenoxy) is 1. The van der Waals surface area contributed by atoms with Crippen molar-refractivity contribution < 1.29 is 19.4 Å². The van der Waals surface area contributed by atoms with E-state index in [0.29, 0.717) is 23.6 Å². The fraction of sp³-hybridized carbons (Fsp3) is 0.172. The monoisotopic (exact) mass is 595 g/mol. The summed E-state index contributed by atoms with van der Waals surface area (Å²) in [6, 6.07) is 24.8. The molecule has 3 aromatic carbocycles. The van der Waals surface area contributed by atoms with Gasteiger partial charge in [-0.05, 0) is 64.5 Å². The number of carbonyl (C=O) groups excluding carboxylic acids is 1. The fourth-order valence-electron chi connectivity index (χ4n) is 4.47. The lowest BCUT2D eigenvalue weighted by molar-refractivity contribution is -0.140. The molecule has 8 heteroatoms. The lowest BCUT2D eigenvalue weighted by Crippen LogP contribution is -2.19. The Morgan fingerprint density at radius 2 is 1.68 bits per heavy atom. The second kappa shape index (κ2) is 10.3. The average molecular weight is 597 g/mol. The van der Waals surface area contributed by atoms with Gasteiger partial charge in [0.25, 0.3) is 0 Å². The fourth-order valence-corrected chi connectivity index (χ4v) is 6.36. The van der Waals surface area contributed by atoms with Gasteiger partial charge in [0.15, 0.2) is 0 Å². The number of anilines is 1. The lowest BCUT2D eigenvalue weighted by atomic mass is 9.92. The zero-order chi connectivity index (χ0) is 26.2. The van der Waals surface area contributed by atoms with Crippen LogP contribution in [0.25, 0.3) is 21.6 Å². The highest BCUT2D eigenvalue weighted by Gasteiger charge is 2.51. The van der Waals surface area contributed by atoms with Crippen LogP contribution in [0.3, 0.4) is 0 Å². The molecule has 0 saturated heterocycles. The number of hydrogen-bond donors (Lipinski definition) is 2. The van der Waals surface area contributed by atoms with Crippen molar-refractivity contribution in [2.45, 2.75) is 31.3 Å². The Hall–Kier alpha value is -3.13. The number of rotatable bonds is 7. The third kappa shape index (κ3) is 5.17. The number of aliphatic carboxylic acids is 1. The largest absolute Gasteiger partial charge is 0.481 e. The van der Waals surface area contributed by atoms with E-state index in [2.05, 4.69) is 21.2 Å². The number of hydrogen-bond acceptors (Lipinski definition) is 4. The van der Waals surface area contributed by atoms with Crippen molar-refractivity contribution in [3.05, 3.63) is 98.8 Å². The van der Waals surface area contributed by atoms with Crippen LogP contribution in [0.1, 0.15) is 37.0 Å². The van der Waals surface area contributed by atoms with Gasteiger partial charge >= 0.3 is 12.1 Å². The van der Waals surface area contributed by atoms with E-state index in [9.17, 15) is 14.7 Å². The Kier molecular flexibility index (Phi) is 7.12. The van der Waals surface area contributed by atoms with E-state index in [1.165, 1.54) is 11.3 Å². The zero-order valence-electron chi connectivity index (χ0n) is 19.8. The molecule has 5 nitrogen and oxygen atoms in total. The van der Waals surface area contributed by atoms with Crippen LogP contribution < -0.4 is 5.32 Å². The molecule has 1 aliphatic carbocycles. The Labute approximate surface area is 232 Å². The molecule has 37 heavy (non-hydrogen) atoms. The van der Waals surface area contributed by atoms with Gasteiger partial charge in [-0.2, -0.15) is 0 Å². The summed E-state index contributed by atoms with van der Waals surface area (Å²) < 4.78 is 6.47. The molecule has 2 N–H and O–H groups in total. The van der Waals surface area contributed by atoms with E-state index in [1.807, 2.05) is 72.8 Å². The number of benzene rings is 3. The topological polar surface area (TPSA) is 75.6 Å². The minimum absolute atomic E-state index is 0.523. The van der Waals surface area contributed by atoms with E-state index < -0.39 is 23.6 Å². The van der Waals surface area contributed by atoms with Gasteiger partial charge in [0.2, 0.25) is 0 Å². The minimum atomic E-state index is -0.768. The molecule has 0 radical (unpaired) electrons. The van der Waals surface area contributed by atoms with Gasteiger partial charge < -0.3 is 9.84 Å². The molecule has 1 heterocycles. The highest BCUT2D eigenvalue weighted by molar-refractivity contribution is 9.11. The molecule has 0 aliphatic heterocycles. The lowest BCUT2D eigenvalue weighted by Gasteiger charge is -2.16. The summed E-state index contributed by atoms with van der Waals surface area (Å²) in [6.45, 7) is 1.78. The maximum absolute atomic E-state index is 12.8. The number of carbonyl (C=O) groups is 2. The Balaban J connectivity index is 1.41. The van der Waals surface area contributed by atoms with Gasteiger partial charge in [-0.25, -0.2) is 4.79 Å².